The molecule has 1 amide bonds. The maximum Gasteiger partial charge on any atom is 0.341 e. The molecule has 1 aromatic carbocycles. The Morgan fingerprint density at radius 2 is 2.00 bits per heavy atom. The van der Waals surface area contributed by atoms with Gasteiger partial charge in [0.05, 0.1) is 10.5 Å². The molecule has 1 heterocycles. The highest BCUT2D eigenvalue weighted by Crippen LogP contribution is 2.18. The van der Waals surface area contributed by atoms with Crippen LogP contribution in [0, 0.1) is 5.82 Å². The summed E-state index contributed by atoms with van der Waals surface area (Å²) in [6, 6.07) is 6.66. The number of esters is 1. The summed E-state index contributed by atoms with van der Waals surface area (Å²) < 4.78 is 43.8. The molecule has 7 nitrogen and oxygen atoms in total. The summed E-state index contributed by atoms with van der Waals surface area (Å²) in [6.45, 7) is -0.213. The molecule has 10 heteroatoms. The number of benzene rings is 1. The lowest BCUT2D eigenvalue weighted by molar-refractivity contribution is -0.124. The highest BCUT2D eigenvalue weighted by molar-refractivity contribution is 7.89. The van der Waals surface area contributed by atoms with Crippen LogP contribution in [0.25, 0.3) is 0 Å². The average Bonchev–Trinajstić information content (AvgIpc) is 3.13. The predicted octanol–water partition coefficient (Wildman–Crippen LogP) is 1.65. The first-order valence-electron chi connectivity index (χ1n) is 7.90. The van der Waals surface area contributed by atoms with E-state index >= 15 is 0 Å². The second-order valence-corrected chi connectivity index (χ2v) is 8.87. The second kappa shape index (κ2) is 9.07. The molecule has 0 radical (unpaired) electrons. The minimum absolute atomic E-state index is 0.249. The Balaban J connectivity index is 1.94. The van der Waals surface area contributed by atoms with Crippen LogP contribution >= 0.6 is 11.3 Å². The van der Waals surface area contributed by atoms with E-state index in [2.05, 4.69) is 5.32 Å². The van der Waals surface area contributed by atoms with Crippen LogP contribution in [-0.2, 0) is 26.0 Å². The number of amides is 1. The van der Waals surface area contributed by atoms with Crippen molar-refractivity contribution >= 4 is 33.2 Å². The van der Waals surface area contributed by atoms with Crippen molar-refractivity contribution in [2.45, 2.75) is 11.3 Å². The molecular weight excluding hydrogens is 395 g/mol. The Hall–Kier alpha value is -2.30. The van der Waals surface area contributed by atoms with E-state index < -0.39 is 39.9 Å². The van der Waals surface area contributed by atoms with Crippen LogP contribution in [0.4, 0.5) is 4.39 Å². The first-order valence-corrected chi connectivity index (χ1v) is 10.2. The van der Waals surface area contributed by atoms with Gasteiger partial charge in [0.2, 0.25) is 10.0 Å². The Morgan fingerprint density at radius 3 is 2.63 bits per heavy atom. The Bertz CT molecular complexity index is 911. The number of hydrogen-bond donors (Lipinski definition) is 1. The molecule has 27 heavy (non-hydrogen) atoms. The molecular formula is C17H19FN2O5S2. The highest BCUT2D eigenvalue weighted by Gasteiger charge is 2.22. The summed E-state index contributed by atoms with van der Waals surface area (Å²) in [4.78, 5) is 24.6. The minimum atomic E-state index is -3.83. The van der Waals surface area contributed by atoms with Gasteiger partial charge in [-0.3, -0.25) is 4.79 Å². The Morgan fingerprint density at radius 1 is 1.26 bits per heavy atom. The van der Waals surface area contributed by atoms with Crippen LogP contribution in [0.3, 0.4) is 0 Å². The van der Waals surface area contributed by atoms with Crippen molar-refractivity contribution in [2.24, 2.45) is 0 Å². The number of nitrogens with zero attached hydrogens (tertiary/aromatic N) is 1. The van der Waals surface area contributed by atoms with Gasteiger partial charge in [-0.15, -0.1) is 11.3 Å². The molecule has 0 aliphatic carbocycles. The third-order valence-corrected chi connectivity index (χ3v) is 6.29. The van der Waals surface area contributed by atoms with Gasteiger partial charge in [0.25, 0.3) is 5.91 Å². The molecule has 0 saturated carbocycles. The fraction of sp³-hybridized carbons (Fsp3) is 0.294. The lowest BCUT2D eigenvalue weighted by Crippen LogP contribution is -2.30. The van der Waals surface area contributed by atoms with Crippen LogP contribution < -0.4 is 5.32 Å². The summed E-state index contributed by atoms with van der Waals surface area (Å²) in [7, 11) is -1.20. The first-order chi connectivity index (χ1) is 12.7. The molecule has 0 unspecified atom stereocenters. The lowest BCUT2D eigenvalue weighted by atomic mass is 10.2. The van der Waals surface area contributed by atoms with E-state index in [0.29, 0.717) is 13.0 Å². The van der Waals surface area contributed by atoms with Gasteiger partial charge in [0, 0.05) is 25.5 Å². The van der Waals surface area contributed by atoms with E-state index in [0.717, 1.165) is 27.4 Å². The zero-order valence-corrected chi connectivity index (χ0v) is 16.4. The second-order valence-electron chi connectivity index (χ2n) is 5.68. The standard InChI is InChI=1S/C17H19FN2O5S2/c1-20(2)27(23,24)13-5-6-15(18)14(10-13)17(22)25-11-16(21)19-8-7-12-4-3-9-26-12/h3-6,9-10H,7-8,11H2,1-2H3,(H,19,21). The van der Waals surface area contributed by atoms with Crippen molar-refractivity contribution in [3.05, 3.63) is 52.0 Å². The molecule has 0 atom stereocenters. The number of carbonyl (C=O) groups excluding carboxylic acids is 2. The number of thiophene rings is 1. The molecule has 1 aromatic heterocycles. The van der Waals surface area contributed by atoms with Crippen LogP contribution in [0.15, 0.2) is 40.6 Å². The van der Waals surface area contributed by atoms with Gasteiger partial charge in [0.15, 0.2) is 6.61 Å². The van der Waals surface area contributed by atoms with Gasteiger partial charge in [-0.1, -0.05) is 6.07 Å². The fourth-order valence-electron chi connectivity index (χ4n) is 2.07. The number of ether oxygens (including phenoxy) is 1. The topological polar surface area (TPSA) is 92.8 Å². The van der Waals surface area contributed by atoms with Gasteiger partial charge in [-0.05, 0) is 36.1 Å². The summed E-state index contributed by atoms with van der Waals surface area (Å²) >= 11 is 1.57. The van der Waals surface area contributed by atoms with Crippen molar-refractivity contribution in [2.75, 3.05) is 27.2 Å². The van der Waals surface area contributed by atoms with Crippen LogP contribution in [-0.4, -0.2) is 51.8 Å². The number of nitrogens with one attached hydrogen (secondary N) is 1. The van der Waals surface area contributed by atoms with Crippen LogP contribution in [0.2, 0.25) is 0 Å². The van der Waals surface area contributed by atoms with Crippen molar-refractivity contribution in [3.63, 3.8) is 0 Å². The van der Waals surface area contributed by atoms with E-state index in [-0.39, 0.29) is 4.90 Å². The monoisotopic (exact) mass is 414 g/mol. The Labute approximate surface area is 160 Å². The maximum absolute atomic E-state index is 13.9. The summed E-state index contributed by atoms with van der Waals surface area (Å²) in [5.41, 5.74) is -0.552. The van der Waals surface area contributed by atoms with Crippen molar-refractivity contribution in [1.29, 1.82) is 0 Å². The molecule has 1 N–H and O–H groups in total. The predicted molar refractivity (Wildman–Crippen MR) is 98.6 cm³/mol. The molecule has 0 aliphatic rings. The number of hydrogen-bond acceptors (Lipinski definition) is 6. The summed E-state index contributed by atoms with van der Waals surface area (Å²) in [6.07, 6.45) is 0.649. The summed E-state index contributed by atoms with van der Waals surface area (Å²) in [5, 5.41) is 4.52. The van der Waals surface area contributed by atoms with Crippen molar-refractivity contribution in [1.82, 2.24) is 9.62 Å². The zero-order valence-electron chi connectivity index (χ0n) is 14.8. The third-order valence-electron chi connectivity index (χ3n) is 3.54. The highest BCUT2D eigenvalue weighted by atomic mass is 32.2. The minimum Gasteiger partial charge on any atom is -0.452 e. The smallest absolute Gasteiger partial charge is 0.341 e. The zero-order chi connectivity index (χ0) is 20.0. The van der Waals surface area contributed by atoms with E-state index in [1.165, 1.54) is 14.1 Å². The van der Waals surface area contributed by atoms with Crippen LogP contribution in [0.1, 0.15) is 15.2 Å². The largest absolute Gasteiger partial charge is 0.452 e. The van der Waals surface area contributed by atoms with Gasteiger partial charge in [0.1, 0.15) is 5.82 Å². The van der Waals surface area contributed by atoms with Gasteiger partial charge < -0.3 is 10.1 Å². The molecule has 0 spiro atoms. The summed E-state index contributed by atoms with van der Waals surface area (Å²) in [5.74, 6) is -2.58. The van der Waals surface area contributed by atoms with Gasteiger partial charge in [-0.2, -0.15) is 0 Å². The van der Waals surface area contributed by atoms with E-state index in [9.17, 15) is 22.4 Å². The van der Waals surface area contributed by atoms with E-state index in [4.69, 9.17) is 4.74 Å². The van der Waals surface area contributed by atoms with Gasteiger partial charge >= 0.3 is 5.97 Å². The molecule has 0 fully saturated rings. The quantitative estimate of drug-likeness (QED) is 0.663. The van der Waals surface area contributed by atoms with Crippen molar-refractivity contribution < 1.29 is 27.1 Å². The molecule has 0 aliphatic heterocycles. The number of carbonyl (C=O) groups is 2. The SMILES string of the molecule is CN(C)S(=O)(=O)c1ccc(F)c(C(=O)OCC(=O)NCCc2cccs2)c1. The molecule has 2 aromatic rings. The van der Waals surface area contributed by atoms with Gasteiger partial charge in [-0.25, -0.2) is 21.9 Å². The molecule has 2 rings (SSSR count). The number of rotatable bonds is 8. The molecule has 0 saturated heterocycles. The molecule has 146 valence electrons. The van der Waals surface area contributed by atoms with Crippen molar-refractivity contribution in [3.8, 4) is 0 Å². The third kappa shape index (κ3) is 5.59. The van der Waals surface area contributed by atoms with Crippen LogP contribution in [0.5, 0.6) is 0 Å². The van der Waals surface area contributed by atoms with E-state index in [1.807, 2.05) is 17.5 Å². The number of sulfonamides is 1. The Kier molecular flexibility index (Phi) is 7.05. The lowest BCUT2D eigenvalue weighted by Gasteiger charge is -2.12. The molecule has 0 bridgehead atoms. The number of halogens is 1. The maximum atomic E-state index is 13.9. The average molecular weight is 414 g/mol. The fourth-order valence-corrected chi connectivity index (χ4v) is 3.71. The first kappa shape index (κ1) is 21.0. The van der Waals surface area contributed by atoms with E-state index in [1.54, 1.807) is 11.3 Å². The normalized spacial score (nSPS) is 11.4.